The molecule has 2 rings (SSSR count). The summed E-state index contributed by atoms with van der Waals surface area (Å²) in [5.41, 5.74) is 1.80. The molecule has 0 unspecified atom stereocenters. The number of benzene rings is 2. The van der Waals surface area contributed by atoms with Crippen LogP contribution in [0.15, 0.2) is 42.5 Å². The molecular weight excluding hydrogens is 346 g/mol. The van der Waals surface area contributed by atoms with Crippen LogP contribution in [0.3, 0.4) is 0 Å². The summed E-state index contributed by atoms with van der Waals surface area (Å²) in [4.78, 5) is 11.0. The molecule has 92 valence electrons. The molecule has 2 aromatic carbocycles. The topological polar surface area (TPSA) is 26.3 Å². The average molecular weight is 356 g/mol. The first kappa shape index (κ1) is 13.0. The highest BCUT2D eigenvalue weighted by Gasteiger charge is 2.07. The van der Waals surface area contributed by atoms with Gasteiger partial charge in [-0.1, -0.05) is 12.1 Å². The number of carbonyl (C=O) groups is 1. The molecule has 0 aliphatic carbocycles. The van der Waals surface area contributed by atoms with E-state index in [1.54, 1.807) is 6.07 Å². The van der Waals surface area contributed by atoms with Gasteiger partial charge in [-0.2, -0.15) is 0 Å². The first-order chi connectivity index (χ1) is 8.74. The summed E-state index contributed by atoms with van der Waals surface area (Å²) < 4.78 is 19.2. The molecule has 0 saturated carbocycles. The van der Waals surface area contributed by atoms with Crippen molar-refractivity contribution in [2.75, 3.05) is 4.61 Å². The van der Waals surface area contributed by atoms with E-state index in [1.807, 2.05) is 18.2 Å². The van der Waals surface area contributed by atoms with E-state index in [0.717, 1.165) is 11.8 Å². The lowest BCUT2D eigenvalue weighted by atomic mass is 10.00. The first-order valence-corrected chi connectivity index (χ1v) is 6.81. The van der Waals surface area contributed by atoms with Gasteiger partial charge in [-0.25, -0.2) is 4.39 Å². The van der Waals surface area contributed by atoms with Gasteiger partial charge in [0.1, 0.15) is 16.2 Å². The molecule has 18 heavy (non-hydrogen) atoms. The van der Waals surface area contributed by atoms with Gasteiger partial charge in [-0.05, 0) is 64.0 Å². The predicted molar refractivity (Wildman–Crippen MR) is 76.7 cm³/mol. The summed E-state index contributed by atoms with van der Waals surface area (Å²) in [6.45, 7) is 0. The van der Waals surface area contributed by atoms with E-state index in [9.17, 15) is 9.18 Å². The number of carbonyl (C=O) groups excluding carboxylic acids is 1. The molecule has 0 saturated heterocycles. The number of ether oxygens (including phenoxy) is 1. The third-order valence-corrected chi connectivity index (χ3v) is 2.82. The third-order valence-electron chi connectivity index (χ3n) is 2.51. The van der Waals surface area contributed by atoms with E-state index in [2.05, 4.69) is 22.6 Å². The minimum atomic E-state index is -0.365. The number of rotatable bonds is 4. The lowest BCUT2D eigenvalue weighted by Crippen LogP contribution is -1.91. The Labute approximate surface area is 118 Å². The number of hydrogen-bond acceptors (Lipinski definition) is 2. The van der Waals surface area contributed by atoms with Gasteiger partial charge < -0.3 is 4.74 Å². The van der Waals surface area contributed by atoms with Crippen LogP contribution in [-0.2, 0) is 0 Å². The molecular formula is C14H10FIO2. The van der Waals surface area contributed by atoms with E-state index in [1.165, 1.54) is 18.2 Å². The molecule has 0 aliphatic rings. The lowest BCUT2D eigenvalue weighted by molar-refractivity contribution is 0.112. The Hall–Kier alpha value is -1.43. The van der Waals surface area contributed by atoms with Gasteiger partial charge >= 0.3 is 0 Å². The van der Waals surface area contributed by atoms with E-state index in [0.29, 0.717) is 21.5 Å². The van der Waals surface area contributed by atoms with Gasteiger partial charge in [0.05, 0.1) is 0 Å². The van der Waals surface area contributed by atoms with Gasteiger partial charge in [-0.3, -0.25) is 4.79 Å². The van der Waals surface area contributed by atoms with Crippen molar-refractivity contribution in [2.45, 2.75) is 0 Å². The largest absolute Gasteiger partial charge is 0.483 e. The fraction of sp³-hybridized carbons (Fsp3) is 0.0714. The molecule has 0 amide bonds. The summed E-state index contributed by atoms with van der Waals surface area (Å²) in [5, 5.41) is 0. The maximum atomic E-state index is 13.3. The second-order valence-corrected chi connectivity index (χ2v) is 4.25. The fourth-order valence-electron chi connectivity index (χ4n) is 1.70. The summed E-state index contributed by atoms with van der Waals surface area (Å²) in [6, 6.07) is 11.4. The van der Waals surface area contributed by atoms with Crippen molar-refractivity contribution in [3.05, 3.63) is 53.8 Å². The molecule has 0 N–H and O–H groups in total. The van der Waals surface area contributed by atoms with E-state index >= 15 is 0 Å². The van der Waals surface area contributed by atoms with Crippen molar-refractivity contribution in [3.8, 4) is 16.9 Å². The average Bonchev–Trinajstić information content (AvgIpc) is 2.39. The van der Waals surface area contributed by atoms with Crippen LogP contribution in [0, 0.1) is 5.82 Å². The van der Waals surface area contributed by atoms with E-state index in [-0.39, 0.29) is 5.82 Å². The zero-order valence-corrected chi connectivity index (χ0v) is 11.6. The lowest BCUT2D eigenvalue weighted by Gasteiger charge is -2.08. The highest BCUT2D eigenvalue weighted by Crippen LogP contribution is 2.27. The number of halogens is 2. The molecule has 0 bridgehead atoms. The van der Waals surface area contributed by atoms with Gasteiger partial charge in [0.15, 0.2) is 6.29 Å². The normalized spacial score (nSPS) is 10.1. The Balaban J connectivity index is 2.50. The van der Waals surface area contributed by atoms with E-state index < -0.39 is 0 Å². The van der Waals surface area contributed by atoms with Crippen molar-refractivity contribution < 1.29 is 13.9 Å². The SMILES string of the molecule is O=Cc1ccc(F)cc1-c1cccc(OCI)c1. The maximum Gasteiger partial charge on any atom is 0.150 e. The van der Waals surface area contributed by atoms with Crippen LogP contribution in [-0.4, -0.2) is 10.9 Å². The zero-order valence-electron chi connectivity index (χ0n) is 9.40. The van der Waals surface area contributed by atoms with Crippen LogP contribution in [0.1, 0.15) is 10.4 Å². The highest BCUT2D eigenvalue weighted by molar-refractivity contribution is 14.1. The number of hydrogen-bond donors (Lipinski definition) is 0. The molecule has 4 heteroatoms. The minimum Gasteiger partial charge on any atom is -0.483 e. The van der Waals surface area contributed by atoms with Crippen LogP contribution in [0.2, 0.25) is 0 Å². The van der Waals surface area contributed by atoms with Crippen LogP contribution in [0.25, 0.3) is 11.1 Å². The zero-order chi connectivity index (χ0) is 13.0. The van der Waals surface area contributed by atoms with Gasteiger partial charge in [-0.15, -0.1) is 0 Å². The Kier molecular flexibility index (Phi) is 4.30. The second kappa shape index (κ2) is 5.95. The van der Waals surface area contributed by atoms with Crippen molar-refractivity contribution in [2.24, 2.45) is 0 Å². The Morgan fingerprint density at radius 2 is 2.06 bits per heavy atom. The monoisotopic (exact) mass is 356 g/mol. The molecule has 0 aliphatic heterocycles. The summed E-state index contributed by atoms with van der Waals surface area (Å²) in [6.07, 6.45) is 0.723. The predicted octanol–water partition coefficient (Wildman–Crippen LogP) is 4.08. The summed E-state index contributed by atoms with van der Waals surface area (Å²) in [7, 11) is 0. The molecule has 0 heterocycles. The molecule has 0 atom stereocenters. The smallest absolute Gasteiger partial charge is 0.150 e. The standard InChI is InChI=1S/C14H10FIO2/c15-12-5-4-11(8-17)14(7-12)10-2-1-3-13(6-10)18-9-16/h1-8H,9H2. The summed E-state index contributed by atoms with van der Waals surface area (Å²) >= 11 is 2.10. The van der Waals surface area contributed by atoms with Crippen LogP contribution in [0.4, 0.5) is 4.39 Å². The Morgan fingerprint density at radius 1 is 1.22 bits per heavy atom. The second-order valence-electron chi connectivity index (χ2n) is 3.63. The molecule has 2 aromatic rings. The molecule has 2 nitrogen and oxygen atoms in total. The molecule has 0 spiro atoms. The Morgan fingerprint density at radius 3 is 2.78 bits per heavy atom. The van der Waals surface area contributed by atoms with Crippen molar-refractivity contribution in [1.29, 1.82) is 0 Å². The van der Waals surface area contributed by atoms with Gasteiger partial charge in [0.25, 0.3) is 0 Å². The van der Waals surface area contributed by atoms with Gasteiger partial charge in [0, 0.05) is 5.56 Å². The van der Waals surface area contributed by atoms with Gasteiger partial charge in [0.2, 0.25) is 0 Å². The van der Waals surface area contributed by atoms with Crippen molar-refractivity contribution in [1.82, 2.24) is 0 Å². The molecule has 0 radical (unpaired) electrons. The van der Waals surface area contributed by atoms with Crippen LogP contribution in [0.5, 0.6) is 5.75 Å². The van der Waals surface area contributed by atoms with Crippen LogP contribution < -0.4 is 4.74 Å². The van der Waals surface area contributed by atoms with E-state index in [4.69, 9.17) is 4.74 Å². The van der Waals surface area contributed by atoms with Crippen molar-refractivity contribution in [3.63, 3.8) is 0 Å². The number of alkyl halides is 1. The highest BCUT2D eigenvalue weighted by atomic mass is 127. The first-order valence-electron chi connectivity index (χ1n) is 5.28. The molecule has 0 aromatic heterocycles. The maximum absolute atomic E-state index is 13.3. The fourth-order valence-corrected chi connectivity index (χ4v) is 2.06. The number of aldehydes is 1. The minimum absolute atomic E-state index is 0.365. The third kappa shape index (κ3) is 2.87. The van der Waals surface area contributed by atoms with Crippen molar-refractivity contribution >= 4 is 28.9 Å². The Bertz CT molecular complexity index is 569. The van der Waals surface area contributed by atoms with Crippen LogP contribution >= 0.6 is 22.6 Å². The summed E-state index contributed by atoms with van der Waals surface area (Å²) in [5.74, 6) is 0.332. The molecule has 0 fully saturated rings. The quantitative estimate of drug-likeness (QED) is 0.469.